The van der Waals surface area contributed by atoms with E-state index < -0.39 is 0 Å². The lowest BCUT2D eigenvalue weighted by Crippen LogP contribution is -2.19. The fourth-order valence-corrected chi connectivity index (χ4v) is 2.64. The predicted molar refractivity (Wildman–Crippen MR) is 84.2 cm³/mol. The van der Waals surface area contributed by atoms with Crippen molar-refractivity contribution in [3.63, 3.8) is 0 Å². The summed E-state index contributed by atoms with van der Waals surface area (Å²) in [7, 11) is 0. The topological polar surface area (TPSA) is 37.8 Å². The van der Waals surface area contributed by atoms with Gasteiger partial charge in [-0.25, -0.2) is 9.97 Å². The molecule has 0 saturated carbocycles. The molecule has 1 heterocycles. The highest BCUT2D eigenvalue weighted by Gasteiger charge is 2.02. The molecule has 0 radical (unpaired) electrons. The molecule has 1 N–H and O–H groups in total. The third kappa shape index (κ3) is 5.12. The summed E-state index contributed by atoms with van der Waals surface area (Å²) in [5, 5.41) is 4.84. The van der Waals surface area contributed by atoms with Gasteiger partial charge in [0, 0.05) is 34.4 Å². The maximum atomic E-state index is 5.96. The van der Waals surface area contributed by atoms with Crippen LogP contribution in [0.4, 0.5) is 0 Å². The normalized spacial score (nSPS) is 11.0. The molecule has 0 atom stereocenters. The van der Waals surface area contributed by atoms with Gasteiger partial charge in [0.2, 0.25) is 0 Å². The number of hydrogen-bond acceptors (Lipinski definition) is 4. The summed E-state index contributed by atoms with van der Waals surface area (Å²) in [6.45, 7) is 6.18. The quantitative estimate of drug-likeness (QED) is 0.818. The highest BCUT2D eigenvalue weighted by molar-refractivity contribution is 7.99. The highest BCUT2D eigenvalue weighted by Crippen LogP contribution is 2.26. The summed E-state index contributed by atoms with van der Waals surface area (Å²) in [6.07, 6.45) is 3.74. The Hall–Kier alpha value is -1.10. The van der Waals surface area contributed by atoms with E-state index in [9.17, 15) is 0 Å². The lowest BCUT2D eigenvalue weighted by molar-refractivity contribution is 0.550. The molecule has 2 aromatic rings. The Morgan fingerprint density at radius 3 is 2.65 bits per heavy atom. The lowest BCUT2D eigenvalue weighted by Gasteiger charge is -2.07. The molecule has 3 nitrogen and oxygen atoms in total. The molecule has 1 aromatic carbocycles. The largest absolute Gasteiger partial charge is 0.312 e. The van der Waals surface area contributed by atoms with Crippen LogP contribution in [0.2, 0.25) is 5.02 Å². The van der Waals surface area contributed by atoms with E-state index in [1.165, 1.54) is 11.8 Å². The Morgan fingerprint density at radius 1 is 1.25 bits per heavy atom. The average Bonchev–Trinajstić information content (AvgIpc) is 2.40. The lowest BCUT2D eigenvalue weighted by atomic mass is 10.2. The molecule has 0 saturated heterocycles. The van der Waals surface area contributed by atoms with Crippen LogP contribution in [0.1, 0.15) is 19.4 Å². The Labute approximate surface area is 129 Å². The summed E-state index contributed by atoms with van der Waals surface area (Å²) in [5.41, 5.74) is 1.10. The van der Waals surface area contributed by atoms with E-state index in [1.54, 1.807) is 0 Å². The maximum Gasteiger partial charge on any atom is 0.192 e. The molecule has 0 unspecified atom stereocenters. The van der Waals surface area contributed by atoms with Gasteiger partial charge in [0.25, 0.3) is 0 Å². The first kappa shape index (κ1) is 15.3. The van der Waals surface area contributed by atoms with Crippen molar-refractivity contribution < 1.29 is 0 Å². The van der Waals surface area contributed by atoms with Crippen LogP contribution in [-0.2, 0) is 6.54 Å². The first-order chi connectivity index (χ1) is 9.63. The second-order valence-electron chi connectivity index (χ2n) is 4.96. The summed E-state index contributed by atoms with van der Waals surface area (Å²) in [6, 6.07) is 7.69. The van der Waals surface area contributed by atoms with Gasteiger partial charge in [0.1, 0.15) is 0 Å². The number of halogens is 1. The van der Waals surface area contributed by atoms with Crippen LogP contribution in [-0.4, -0.2) is 16.5 Å². The third-order valence-electron chi connectivity index (χ3n) is 2.57. The molecule has 0 aliphatic rings. The summed E-state index contributed by atoms with van der Waals surface area (Å²) in [5.74, 6) is 0.647. The Morgan fingerprint density at radius 2 is 2.00 bits per heavy atom. The molecule has 0 aliphatic heterocycles. The van der Waals surface area contributed by atoms with E-state index in [1.807, 2.05) is 36.7 Å². The standard InChI is InChI=1S/C15H18ClN3S/c1-11(2)7-17-8-12-9-18-15(19-10-12)20-14-5-3-4-13(16)6-14/h3-6,9-11,17H,7-8H2,1-2H3. The Kier molecular flexibility index (Phi) is 5.83. The van der Waals surface area contributed by atoms with Crippen molar-refractivity contribution in [2.45, 2.75) is 30.4 Å². The summed E-state index contributed by atoms with van der Waals surface area (Å²) < 4.78 is 0. The van der Waals surface area contributed by atoms with Crippen molar-refractivity contribution in [1.29, 1.82) is 0 Å². The van der Waals surface area contributed by atoms with Crippen LogP contribution in [0.15, 0.2) is 46.7 Å². The van der Waals surface area contributed by atoms with E-state index in [4.69, 9.17) is 11.6 Å². The van der Waals surface area contributed by atoms with Gasteiger partial charge in [-0.05, 0) is 42.4 Å². The van der Waals surface area contributed by atoms with Crippen molar-refractivity contribution >= 4 is 23.4 Å². The van der Waals surface area contributed by atoms with Crippen molar-refractivity contribution in [3.05, 3.63) is 47.2 Å². The Bertz CT molecular complexity index is 543. The van der Waals surface area contributed by atoms with Gasteiger partial charge >= 0.3 is 0 Å². The van der Waals surface area contributed by atoms with Crippen LogP contribution in [0.3, 0.4) is 0 Å². The number of hydrogen-bond donors (Lipinski definition) is 1. The number of aromatic nitrogens is 2. The monoisotopic (exact) mass is 307 g/mol. The van der Waals surface area contributed by atoms with Crippen LogP contribution in [0.5, 0.6) is 0 Å². The van der Waals surface area contributed by atoms with Gasteiger partial charge < -0.3 is 5.32 Å². The number of benzene rings is 1. The van der Waals surface area contributed by atoms with Gasteiger partial charge in [-0.15, -0.1) is 0 Å². The van der Waals surface area contributed by atoms with Crippen LogP contribution in [0, 0.1) is 5.92 Å². The zero-order valence-corrected chi connectivity index (χ0v) is 13.2. The molecular weight excluding hydrogens is 290 g/mol. The zero-order valence-electron chi connectivity index (χ0n) is 11.6. The van der Waals surface area contributed by atoms with Crippen LogP contribution >= 0.6 is 23.4 Å². The minimum atomic E-state index is 0.647. The van der Waals surface area contributed by atoms with Crippen LogP contribution in [0.25, 0.3) is 0 Å². The second kappa shape index (κ2) is 7.62. The van der Waals surface area contributed by atoms with Crippen molar-refractivity contribution in [2.75, 3.05) is 6.54 Å². The number of nitrogens with one attached hydrogen (secondary N) is 1. The van der Waals surface area contributed by atoms with Gasteiger partial charge in [-0.1, -0.05) is 31.5 Å². The molecule has 0 bridgehead atoms. The summed E-state index contributed by atoms with van der Waals surface area (Å²) in [4.78, 5) is 9.78. The third-order valence-corrected chi connectivity index (χ3v) is 3.69. The molecule has 0 fully saturated rings. The van der Waals surface area contributed by atoms with E-state index in [0.717, 1.165) is 33.7 Å². The molecule has 20 heavy (non-hydrogen) atoms. The van der Waals surface area contributed by atoms with Crippen LogP contribution < -0.4 is 5.32 Å². The zero-order chi connectivity index (χ0) is 14.4. The first-order valence-electron chi connectivity index (χ1n) is 6.58. The summed E-state index contributed by atoms with van der Waals surface area (Å²) >= 11 is 7.47. The second-order valence-corrected chi connectivity index (χ2v) is 6.44. The molecule has 2 rings (SSSR count). The van der Waals surface area contributed by atoms with Gasteiger partial charge in [-0.2, -0.15) is 0 Å². The Balaban J connectivity index is 1.91. The minimum absolute atomic E-state index is 0.647. The minimum Gasteiger partial charge on any atom is -0.312 e. The molecule has 1 aromatic heterocycles. The molecule has 106 valence electrons. The predicted octanol–water partition coefficient (Wildman–Crippen LogP) is 4.03. The molecular formula is C15H18ClN3S. The first-order valence-corrected chi connectivity index (χ1v) is 7.78. The van der Waals surface area contributed by atoms with Gasteiger partial charge in [0.05, 0.1) is 0 Å². The van der Waals surface area contributed by atoms with E-state index in [0.29, 0.717) is 5.92 Å². The van der Waals surface area contributed by atoms with E-state index in [2.05, 4.69) is 29.1 Å². The molecule has 5 heteroatoms. The number of nitrogens with zero attached hydrogens (tertiary/aromatic N) is 2. The van der Waals surface area contributed by atoms with E-state index >= 15 is 0 Å². The van der Waals surface area contributed by atoms with Crippen molar-refractivity contribution in [3.8, 4) is 0 Å². The molecule has 0 amide bonds. The number of rotatable bonds is 6. The maximum absolute atomic E-state index is 5.96. The smallest absolute Gasteiger partial charge is 0.192 e. The average molecular weight is 308 g/mol. The van der Waals surface area contributed by atoms with Gasteiger partial charge in [0.15, 0.2) is 5.16 Å². The van der Waals surface area contributed by atoms with E-state index in [-0.39, 0.29) is 0 Å². The van der Waals surface area contributed by atoms with Gasteiger partial charge in [-0.3, -0.25) is 0 Å². The fraction of sp³-hybridized carbons (Fsp3) is 0.333. The fourth-order valence-electron chi connectivity index (χ4n) is 1.63. The highest BCUT2D eigenvalue weighted by atomic mass is 35.5. The van der Waals surface area contributed by atoms with Crippen molar-refractivity contribution in [1.82, 2.24) is 15.3 Å². The molecule has 0 aliphatic carbocycles. The molecule has 0 spiro atoms. The SMILES string of the molecule is CC(C)CNCc1cnc(Sc2cccc(Cl)c2)nc1. The van der Waals surface area contributed by atoms with Crippen molar-refractivity contribution in [2.24, 2.45) is 5.92 Å².